The van der Waals surface area contributed by atoms with Crippen molar-refractivity contribution in [3.8, 4) is 0 Å². The first-order valence-electron chi connectivity index (χ1n) is 6.79. The molecule has 1 heterocycles. The number of methoxy groups -OCH3 is 1. The standard InChI is InChI=1S/C15H21BrN2O2/c1-11-10-15(14(19)20-3,7-8-18(11)2)17-13-6-4-5-12(16)9-13/h4-6,9,11,17H,7-8,10H2,1-3H3. The van der Waals surface area contributed by atoms with Gasteiger partial charge in [-0.25, -0.2) is 4.79 Å². The van der Waals surface area contributed by atoms with Crippen LogP contribution in [0.2, 0.25) is 0 Å². The third kappa shape index (κ3) is 3.15. The zero-order valence-corrected chi connectivity index (χ0v) is 13.7. The highest BCUT2D eigenvalue weighted by Gasteiger charge is 2.44. The van der Waals surface area contributed by atoms with Crippen molar-refractivity contribution in [2.75, 3.05) is 26.0 Å². The van der Waals surface area contributed by atoms with Crippen LogP contribution in [0.3, 0.4) is 0 Å². The molecule has 0 saturated carbocycles. The Balaban J connectivity index is 2.26. The third-order valence-electron chi connectivity index (χ3n) is 4.07. The number of piperidine rings is 1. The number of ether oxygens (including phenoxy) is 1. The van der Waals surface area contributed by atoms with Crippen molar-refractivity contribution in [2.45, 2.75) is 31.3 Å². The van der Waals surface area contributed by atoms with Gasteiger partial charge < -0.3 is 15.0 Å². The van der Waals surface area contributed by atoms with Gasteiger partial charge in [-0.15, -0.1) is 0 Å². The first-order chi connectivity index (χ1) is 9.47. The number of hydrogen-bond donors (Lipinski definition) is 1. The van der Waals surface area contributed by atoms with Crippen LogP contribution in [0, 0.1) is 0 Å². The van der Waals surface area contributed by atoms with Crippen LogP contribution in [0.25, 0.3) is 0 Å². The lowest BCUT2D eigenvalue weighted by atomic mass is 9.83. The molecule has 2 unspecified atom stereocenters. The average Bonchev–Trinajstić information content (AvgIpc) is 2.42. The number of likely N-dealkylation sites (tertiary alicyclic amines) is 1. The zero-order chi connectivity index (χ0) is 14.8. The summed E-state index contributed by atoms with van der Waals surface area (Å²) in [5.41, 5.74) is 0.295. The Morgan fingerprint density at radius 2 is 2.30 bits per heavy atom. The fraction of sp³-hybridized carbons (Fsp3) is 0.533. The van der Waals surface area contributed by atoms with Gasteiger partial charge in [0.05, 0.1) is 7.11 Å². The molecule has 1 aromatic rings. The van der Waals surface area contributed by atoms with Gasteiger partial charge in [-0.3, -0.25) is 0 Å². The largest absolute Gasteiger partial charge is 0.467 e. The Kier molecular flexibility index (Phi) is 4.70. The van der Waals surface area contributed by atoms with E-state index < -0.39 is 5.54 Å². The van der Waals surface area contributed by atoms with E-state index in [2.05, 4.69) is 40.1 Å². The van der Waals surface area contributed by atoms with E-state index in [1.54, 1.807) is 0 Å². The third-order valence-corrected chi connectivity index (χ3v) is 4.57. The summed E-state index contributed by atoms with van der Waals surface area (Å²) in [6.45, 7) is 3.01. The number of esters is 1. The summed E-state index contributed by atoms with van der Waals surface area (Å²) in [4.78, 5) is 14.6. The molecule has 0 spiro atoms. The van der Waals surface area contributed by atoms with E-state index in [9.17, 15) is 4.79 Å². The summed E-state index contributed by atoms with van der Waals surface area (Å²) < 4.78 is 6.04. The summed E-state index contributed by atoms with van der Waals surface area (Å²) >= 11 is 3.46. The maximum absolute atomic E-state index is 12.3. The lowest BCUT2D eigenvalue weighted by Gasteiger charge is -2.43. The predicted molar refractivity (Wildman–Crippen MR) is 83.8 cm³/mol. The Morgan fingerprint density at radius 3 is 2.90 bits per heavy atom. The molecule has 0 radical (unpaired) electrons. The number of carbonyl (C=O) groups excluding carboxylic acids is 1. The molecule has 20 heavy (non-hydrogen) atoms. The average molecular weight is 341 g/mol. The minimum atomic E-state index is -0.637. The quantitative estimate of drug-likeness (QED) is 0.859. The molecule has 0 amide bonds. The predicted octanol–water partition coefficient (Wildman–Crippen LogP) is 2.89. The number of halogens is 1. The lowest BCUT2D eigenvalue weighted by molar-refractivity contribution is -0.148. The Bertz CT molecular complexity index is 495. The van der Waals surface area contributed by atoms with Crippen LogP contribution in [0.1, 0.15) is 19.8 Å². The van der Waals surface area contributed by atoms with Gasteiger partial charge in [-0.2, -0.15) is 0 Å². The van der Waals surface area contributed by atoms with Crippen molar-refractivity contribution >= 4 is 27.6 Å². The van der Waals surface area contributed by atoms with Crippen LogP contribution >= 0.6 is 15.9 Å². The Labute approximate surface area is 128 Å². The molecule has 110 valence electrons. The van der Waals surface area contributed by atoms with Crippen molar-refractivity contribution < 1.29 is 9.53 Å². The fourth-order valence-corrected chi connectivity index (χ4v) is 3.14. The van der Waals surface area contributed by atoms with E-state index in [4.69, 9.17) is 4.74 Å². The number of rotatable bonds is 3. The van der Waals surface area contributed by atoms with Gasteiger partial charge >= 0.3 is 5.97 Å². The second-order valence-electron chi connectivity index (χ2n) is 5.49. The molecule has 4 nitrogen and oxygen atoms in total. The number of nitrogens with zero attached hydrogens (tertiary/aromatic N) is 1. The fourth-order valence-electron chi connectivity index (χ4n) is 2.74. The van der Waals surface area contributed by atoms with E-state index in [0.717, 1.165) is 29.5 Å². The molecular formula is C15H21BrN2O2. The maximum atomic E-state index is 12.3. The lowest BCUT2D eigenvalue weighted by Crippen LogP contribution is -2.57. The summed E-state index contributed by atoms with van der Waals surface area (Å²) in [5, 5.41) is 3.41. The van der Waals surface area contributed by atoms with Crippen molar-refractivity contribution in [2.24, 2.45) is 0 Å². The summed E-state index contributed by atoms with van der Waals surface area (Å²) in [7, 11) is 3.54. The SMILES string of the molecule is COC(=O)C1(Nc2cccc(Br)c2)CCN(C)C(C)C1. The van der Waals surface area contributed by atoms with Crippen LogP contribution < -0.4 is 5.32 Å². The molecular weight excluding hydrogens is 320 g/mol. The zero-order valence-electron chi connectivity index (χ0n) is 12.1. The van der Waals surface area contributed by atoms with E-state index in [1.807, 2.05) is 24.3 Å². The second-order valence-corrected chi connectivity index (χ2v) is 6.41. The maximum Gasteiger partial charge on any atom is 0.331 e. The van der Waals surface area contributed by atoms with Crippen LogP contribution in [0.4, 0.5) is 5.69 Å². The highest BCUT2D eigenvalue weighted by molar-refractivity contribution is 9.10. The number of nitrogens with one attached hydrogen (secondary N) is 1. The summed E-state index contributed by atoms with van der Waals surface area (Å²) in [6, 6.07) is 8.21. The van der Waals surface area contributed by atoms with Crippen LogP contribution in [0.5, 0.6) is 0 Å². The molecule has 1 aromatic carbocycles. The van der Waals surface area contributed by atoms with Crippen LogP contribution in [0.15, 0.2) is 28.7 Å². The molecule has 2 rings (SSSR count). The van der Waals surface area contributed by atoms with Gasteiger partial charge in [0.25, 0.3) is 0 Å². The van der Waals surface area contributed by atoms with Gasteiger partial charge in [0.1, 0.15) is 5.54 Å². The van der Waals surface area contributed by atoms with Gasteiger partial charge in [-0.1, -0.05) is 22.0 Å². The Hall–Kier alpha value is -1.07. The van der Waals surface area contributed by atoms with Crippen LogP contribution in [-0.4, -0.2) is 43.2 Å². The first kappa shape index (κ1) is 15.3. The number of anilines is 1. The van der Waals surface area contributed by atoms with Crippen molar-refractivity contribution in [3.63, 3.8) is 0 Å². The minimum Gasteiger partial charge on any atom is -0.467 e. The normalized spacial score (nSPS) is 27.1. The van der Waals surface area contributed by atoms with Crippen LogP contribution in [-0.2, 0) is 9.53 Å². The van der Waals surface area contributed by atoms with Crippen molar-refractivity contribution in [3.05, 3.63) is 28.7 Å². The molecule has 2 atom stereocenters. The minimum absolute atomic E-state index is 0.183. The van der Waals surface area contributed by atoms with Gasteiger partial charge in [-0.05, 0) is 45.0 Å². The van der Waals surface area contributed by atoms with Gasteiger partial charge in [0.2, 0.25) is 0 Å². The molecule has 1 aliphatic rings. The molecule has 1 fully saturated rings. The van der Waals surface area contributed by atoms with E-state index in [-0.39, 0.29) is 5.97 Å². The monoisotopic (exact) mass is 340 g/mol. The molecule has 1 aliphatic heterocycles. The molecule has 1 N–H and O–H groups in total. The first-order valence-corrected chi connectivity index (χ1v) is 7.58. The highest BCUT2D eigenvalue weighted by Crippen LogP contribution is 2.31. The smallest absolute Gasteiger partial charge is 0.331 e. The van der Waals surface area contributed by atoms with E-state index in [1.165, 1.54) is 7.11 Å². The number of carbonyl (C=O) groups is 1. The summed E-state index contributed by atoms with van der Waals surface area (Å²) in [6.07, 6.45) is 1.48. The Morgan fingerprint density at radius 1 is 1.55 bits per heavy atom. The van der Waals surface area contributed by atoms with Gasteiger partial charge in [0.15, 0.2) is 0 Å². The molecule has 5 heteroatoms. The highest BCUT2D eigenvalue weighted by atomic mass is 79.9. The van der Waals surface area contributed by atoms with Crippen molar-refractivity contribution in [1.82, 2.24) is 4.90 Å². The summed E-state index contributed by atoms with van der Waals surface area (Å²) in [5.74, 6) is -0.183. The molecule has 0 aliphatic carbocycles. The molecule has 1 saturated heterocycles. The molecule has 0 aromatic heterocycles. The van der Waals surface area contributed by atoms with E-state index in [0.29, 0.717) is 6.04 Å². The topological polar surface area (TPSA) is 41.6 Å². The second kappa shape index (κ2) is 6.14. The number of hydrogen-bond acceptors (Lipinski definition) is 4. The van der Waals surface area contributed by atoms with E-state index >= 15 is 0 Å². The molecule has 0 bridgehead atoms. The van der Waals surface area contributed by atoms with Crippen molar-refractivity contribution in [1.29, 1.82) is 0 Å². The van der Waals surface area contributed by atoms with Gasteiger partial charge in [0, 0.05) is 22.7 Å². The number of benzene rings is 1.